The number of carboxylic acid groups (broad SMARTS) is 1. The van der Waals surface area contributed by atoms with Crippen molar-refractivity contribution in [3.05, 3.63) is 108 Å². The van der Waals surface area contributed by atoms with Gasteiger partial charge < -0.3 is 36.9 Å². The molecule has 0 aliphatic carbocycles. The Hall–Kier alpha value is -5.00. The number of amides is 3. The number of benzene rings is 3. The second-order valence-electron chi connectivity index (χ2n) is 10.7. The molecule has 0 bridgehead atoms. The number of hydrogen-bond donors (Lipinski definition) is 7. The van der Waals surface area contributed by atoms with Gasteiger partial charge in [-0.25, -0.2) is 4.79 Å². The van der Waals surface area contributed by atoms with Crippen molar-refractivity contribution in [2.45, 2.75) is 56.5 Å². The Labute approximate surface area is 254 Å². The van der Waals surface area contributed by atoms with Crippen molar-refractivity contribution in [2.24, 2.45) is 5.73 Å². The summed E-state index contributed by atoms with van der Waals surface area (Å²) in [6.07, 6.45) is 0.697. The molecule has 11 nitrogen and oxygen atoms in total. The minimum absolute atomic E-state index is 0.0363. The molecule has 4 rings (SSSR count). The van der Waals surface area contributed by atoms with Crippen LogP contribution in [0.1, 0.15) is 23.6 Å². The normalized spacial score (nSPS) is 14.5. The SMILES string of the molecule is CC(O)C(NC(=O)C(N)Cc1c[nH]c2ccccc12)C(=O)NC(Cc1ccccc1)C(=O)NC(Cc1ccccc1)C(=O)O. The summed E-state index contributed by atoms with van der Waals surface area (Å²) in [6, 6.07) is 20.4. The number of aromatic nitrogens is 1. The Morgan fingerprint density at radius 2 is 1.27 bits per heavy atom. The van der Waals surface area contributed by atoms with Gasteiger partial charge in [0, 0.05) is 29.9 Å². The van der Waals surface area contributed by atoms with Crippen molar-refractivity contribution in [3.8, 4) is 0 Å². The molecule has 0 aliphatic rings. The molecule has 0 fully saturated rings. The fourth-order valence-corrected chi connectivity index (χ4v) is 4.94. The first-order chi connectivity index (χ1) is 21.1. The van der Waals surface area contributed by atoms with E-state index in [4.69, 9.17) is 5.73 Å². The van der Waals surface area contributed by atoms with Crippen molar-refractivity contribution in [1.82, 2.24) is 20.9 Å². The monoisotopic (exact) mass is 599 g/mol. The van der Waals surface area contributed by atoms with E-state index in [9.17, 15) is 29.4 Å². The van der Waals surface area contributed by atoms with E-state index in [1.54, 1.807) is 66.9 Å². The minimum Gasteiger partial charge on any atom is -0.480 e. The second kappa shape index (κ2) is 14.9. The highest BCUT2D eigenvalue weighted by molar-refractivity contribution is 5.95. The Kier molecular flexibility index (Phi) is 10.8. The summed E-state index contributed by atoms with van der Waals surface area (Å²) >= 11 is 0. The second-order valence-corrected chi connectivity index (χ2v) is 10.7. The lowest BCUT2D eigenvalue weighted by atomic mass is 10.0. The van der Waals surface area contributed by atoms with Crippen LogP contribution in [0.25, 0.3) is 10.9 Å². The molecule has 5 unspecified atom stereocenters. The number of aliphatic carboxylic acids is 1. The molecule has 11 heteroatoms. The van der Waals surface area contributed by atoms with Crippen LogP contribution in [0, 0.1) is 0 Å². The number of carbonyl (C=O) groups excluding carboxylic acids is 3. The molecule has 230 valence electrons. The van der Waals surface area contributed by atoms with Crippen LogP contribution in [-0.4, -0.2) is 69.2 Å². The van der Waals surface area contributed by atoms with Crippen LogP contribution in [-0.2, 0) is 38.4 Å². The third-order valence-corrected chi connectivity index (χ3v) is 7.33. The van der Waals surface area contributed by atoms with E-state index in [2.05, 4.69) is 20.9 Å². The molecule has 8 N–H and O–H groups in total. The number of H-pyrrole nitrogens is 1. The maximum Gasteiger partial charge on any atom is 0.326 e. The number of nitrogens with two attached hydrogens (primary N) is 1. The molecule has 0 radical (unpaired) electrons. The predicted octanol–water partition coefficient (Wildman–Crippen LogP) is 1.44. The molecule has 0 saturated heterocycles. The van der Waals surface area contributed by atoms with E-state index in [1.807, 2.05) is 24.3 Å². The predicted molar refractivity (Wildman–Crippen MR) is 165 cm³/mol. The first-order valence-electron chi connectivity index (χ1n) is 14.3. The van der Waals surface area contributed by atoms with E-state index in [0.29, 0.717) is 11.1 Å². The number of aliphatic hydroxyl groups is 1. The van der Waals surface area contributed by atoms with Gasteiger partial charge in [-0.3, -0.25) is 14.4 Å². The molecule has 3 amide bonds. The van der Waals surface area contributed by atoms with Gasteiger partial charge in [0.05, 0.1) is 12.1 Å². The summed E-state index contributed by atoms with van der Waals surface area (Å²) < 4.78 is 0. The highest BCUT2D eigenvalue weighted by Crippen LogP contribution is 2.19. The number of carbonyl (C=O) groups is 4. The largest absolute Gasteiger partial charge is 0.480 e. The molecule has 0 saturated carbocycles. The molecule has 3 aromatic carbocycles. The standard InChI is InChI=1S/C33H37N5O6/c1-20(39)29(38-30(40)25(34)18-23-19-35-26-15-9-8-14-24(23)26)32(42)36-27(16-21-10-4-2-5-11-21)31(41)37-28(33(43)44)17-22-12-6-3-7-13-22/h2-15,19-20,25,27-29,35,39H,16-18,34H2,1H3,(H,36,42)(H,37,41)(H,38,40)(H,43,44). The smallest absolute Gasteiger partial charge is 0.326 e. The third kappa shape index (κ3) is 8.52. The van der Waals surface area contributed by atoms with Gasteiger partial charge in [-0.05, 0) is 36.1 Å². The Balaban J connectivity index is 1.47. The first-order valence-corrected chi connectivity index (χ1v) is 14.3. The Morgan fingerprint density at radius 1 is 0.727 bits per heavy atom. The van der Waals surface area contributed by atoms with Crippen LogP contribution in [0.5, 0.6) is 0 Å². The number of fused-ring (bicyclic) bond motifs is 1. The van der Waals surface area contributed by atoms with Gasteiger partial charge >= 0.3 is 5.97 Å². The summed E-state index contributed by atoms with van der Waals surface area (Å²) in [7, 11) is 0. The minimum atomic E-state index is -1.43. The van der Waals surface area contributed by atoms with Gasteiger partial charge in [0.25, 0.3) is 0 Å². The van der Waals surface area contributed by atoms with Crippen LogP contribution < -0.4 is 21.7 Å². The molecule has 4 aromatic rings. The van der Waals surface area contributed by atoms with Crippen molar-refractivity contribution < 1.29 is 29.4 Å². The van der Waals surface area contributed by atoms with Gasteiger partial charge in [-0.1, -0.05) is 78.9 Å². The van der Waals surface area contributed by atoms with E-state index < -0.39 is 54.0 Å². The average molecular weight is 600 g/mol. The topological polar surface area (TPSA) is 187 Å². The van der Waals surface area contributed by atoms with Crippen molar-refractivity contribution in [2.75, 3.05) is 0 Å². The van der Waals surface area contributed by atoms with Gasteiger partial charge in [-0.15, -0.1) is 0 Å². The van der Waals surface area contributed by atoms with E-state index in [-0.39, 0.29) is 19.3 Å². The molecule has 44 heavy (non-hydrogen) atoms. The van der Waals surface area contributed by atoms with E-state index in [0.717, 1.165) is 16.5 Å². The lowest BCUT2D eigenvalue weighted by Crippen LogP contribution is -2.60. The number of aromatic amines is 1. The molecular weight excluding hydrogens is 562 g/mol. The summed E-state index contributed by atoms with van der Waals surface area (Å²) in [5.41, 5.74) is 9.33. The highest BCUT2D eigenvalue weighted by atomic mass is 16.4. The van der Waals surface area contributed by atoms with Crippen molar-refractivity contribution in [3.63, 3.8) is 0 Å². The van der Waals surface area contributed by atoms with Crippen LogP contribution in [0.3, 0.4) is 0 Å². The van der Waals surface area contributed by atoms with Crippen LogP contribution in [0.4, 0.5) is 0 Å². The van der Waals surface area contributed by atoms with Gasteiger partial charge in [0.1, 0.15) is 18.1 Å². The molecule has 1 aromatic heterocycles. The number of nitrogens with one attached hydrogen (secondary N) is 4. The molecule has 1 heterocycles. The van der Waals surface area contributed by atoms with Crippen LogP contribution >= 0.6 is 0 Å². The number of aliphatic hydroxyl groups excluding tert-OH is 1. The summed E-state index contributed by atoms with van der Waals surface area (Å²) in [4.78, 5) is 55.0. The highest BCUT2D eigenvalue weighted by Gasteiger charge is 2.33. The van der Waals surface area contributed by atoms with Gasteiger partial charge in [0.15, 0.2) is 0 Å². The lowest BCUT2D eigenvalue weighted by Gasteiger charge is -2.26. The fraction of sp³-hybridized carbons (Fsp3) is 0.273. The number of hydrogen-bond acceptors (Lipinski definition) is 6. The maximum absolute atomic E-state index is 13.4. The fourth-order valence-electron chi connectivity index (χ4n) is 4.94. The Bertz CT molecular complexity index is 1570. The number of para-hydroxylation sites is 1. The summed E-state index contributed by atoms with van der Waals surface area (Å²) in [5.74, 6) is -3.43. The van der Waals surface area contributed by atoms with E-state index in [1.165, 1.54) is 6.92 Å². The maximum atomic E-state index is 13.4. The van der Waals surface area contributed by atoms with Crippen LogP contribution in [0.2, 0.25) is 0 Å². The molecule has 0 spiro atoms. The zero-order valence-electron chi connectivity index (χ0n) is 24.3. The zero-order chi connectivity index (χ0) is 31.6. The molecular formula is C33H37N5O6. The molecule has 5 atom stereocenters. The van der Waals surface area contributed by atoms with Crippen molar-refractivity contribution in [1.29, 1.82) is 0 Å². The molecule has 0 aliphatic heterocycles. The quantitative estimate of drug-likeness (QED) is 0.114. The summed E-state index contributed by atoms with van der Waals surface area (Å²) in [6.45, 7) is 1.34. The third-order valence-electron chi connectivity index (χ3n) is 7.33. The van der Waals surface area contributed by atoms with Crippen LogP contribution in [0.15, 0.2) is 91.1 Å². The van der Waals surface area contributed by atoms with Crippen molar-refractivity contribution >= 4 is 34.6 Å². The number of rotatable bonds is 14. The Morgan fingerprint density at radius 3 is 1.86 bits per heavy atom. The summed E-state index contributed by atoms with van der Waals surface area (Å²) in [5, 5.41) is 28.8. The first kappa shape index (κ1) is 31.9. The lowest BCUT2D eigenvalue weighted by molar-refractivity contribution is -0.142. The average Bonchev–Trinajstić information content (AvgIpc) is 3.42. The zero-order valence-corrected chi connectivity index (χ0v) is 24.3. The van der Waals surface area contributed by atoms with Gasteiger partial charge in [-0.2, -0.15) is 0 Å². The van der Waals surface area contributed by atoms with Gasteiger partial charge in [0.2, 0.25) is 17.7 Å². The van der Waals surface area contributed by atoms with E-state index >= 15 is 0 Å². The number of carboxylic acids is 1.